The van der Waals surface area contributed by atoms with Crippen molar-refractivity contribution < 1.29 is 9.59 Å². The predicted octanol–water partition coefficient (Wildman–Crippen LogP) is 3.70. The Labute approximate surface area is 171 Å². The van der Waals surface area contributed by atoms with E-state index in [0.717, 1.165) is 30.9 Å². The molecule has 2 N–H and O–H groups in total. The summed E-state index contributed by atoms with van der Waals surface area (Å²) in [5, 5.41) is 14.6. The second-order valence-electron chi connectivity index (χ2n) is 7.24. The highest BCUT2D eigenvalue weighted by Gasteiger charge is 2.21. The number of nitrogens with zero attached hydrogens (tertiary/aromatic N) is 2. The molecule has 0 spiro atoms. The molecule has 1 unspecified atom stereocenters. The van der Waals surface area contributed by atoms with Crippen LogP contribution >= 0.6 is 0 Å². The Kier molecular flexibility index (Phi) is 6.85. The Morgan fingerprint density at radius 1 is 1.14 bits per heavy atom. The summed E-state index contributed by atoms with van der Waals surface area (Å²) < 4.78 is 0. The summed E-state index contributed by atoms with van der Waals surface area (Å²) in [6.07, 6.45) is 3.69. The molecule has 0 aliphatic carbocycles. The van der Waals surface area contributed by atoms with Crippen molar-refractivity contribution in [1.82, 2.24) is 5.32 Å². The zero-order valence-corrected chi connectivity index (χ0v) is 16.6. The van der Waals surface area contributed by atoms with Gasteiger partial charge in [0.15, 0.2) is 0 Å². The lowest BCUT2D eigenvalue weighted by atomic mass is 10.1. The molecule has 6 heteroatoms. The molecule has 1 atom stereocenters. The summed E-state index contributed by atoms with van der Waals surface area (Å²) in [6, 6.07) is 15.6. The molecular weight excluding hydrogens is 364 g/mol. The molecule has 0 bridgehead atoms. The minimum Gasteiger partial charge on any atom is -0.371 e. The van der Waals surface area contributed by atoms with Crippen molar-refractivity contribution in [3.8, 4) is 6.07 Å². The van der Waals surface area contributed by atoms with Gasteiger partial charge in [0.25, 0.3) is 5.91 Å². The van der Waals surface area contributed by atoms with E-state index in [0.29, 0.717) is 17.5 Å². The van der Waals surface area contributed by atoms with E-state index in [-0.39, 0.29) is 11.8 Å². The second-order valence-corrected chi connectivity index (χ2v) is 7.24. The van der Waals surface area contributed by atoms with Crippen molar-refractivity contribution in [2.45, 2.75) is 38.6 Å². The van der Waals surface area contributed by atoms with Crippen LogP contribution in [-0.2, 0) is 4.79 Å². The summed E-state index contributed by atoms with van der Waals surface area (Å²) in [6.45, 7) is 4.05. The zero-order chi connectivity index (χ0) is 20.6. The van der Waals surface area contributed by atoms with Crippen LogP contribution in [0.5, 0.6) is 0 Å². The first-order valence-electron chi connectivity index (χ1n) is 10.1. The number of carbonyl (C=O) groups is 2. The van der Waals surface area contributed by atoms with Crippen LogP contribution < -0.4 is 15.5 Å². The van der Waals surface area contributed by atoms with Crippen LogP contribution in [0.4, 0.5) is 11.4 Å². The minimum absolute atomic E-state index is 0.229. The van der Waals surface area contributed by atoms with Crippen LogP contribution in [-0.4, -0.2) is 30.9 Å². The molecule has 1 saturated heterocycles. The first-order chi connectivity index (χ1) is 14.1. The monoisotopic (exact) mass is 390 g/mol. The third kappa shape index (κ3) is 5.35. The number of carbonyl (C=O) groups excluding carboxylic acids is 2. The molecule has 1 heterocycles. The van der Waals surface area contributed by atoms with Gasteiger partial charge in [-0.1, -0.05) is 19.4 Å². The lowest BCUT2D eigenvalue weighted by molar-refractivity contribution is -0.118. The van der Waals surface area contributed by atoms with Crippen molar-refractivity contribution >= 4 is 23.2 Å². The van der Waals surface area contributed by atoms with E-state index >= 15 is 0 Å². The molecule has 1 aliphatic heterocycles. The van der Waals surface area contributed by atoms with Crippen molar-refractivity contribution in [1.29, 1.82) is 5.26 Å². The minimum atomic E-state index is -0.626. The maximum absolute atomic E-state index is 12.8. The molecule has 150 valence electrons. The lowest BCUT2D eigenvalue weighted by Gasteiger charge is -2.20. The second kappa shape index (κ2) is 9.74. The van der Waals surface area contributed by atoms with Crippen LogP contribution in [0.2, 0.25) is 0 Å². The summed E-state index contributed by atoms with van der Waals surface area (Å²) in [7, 11) is 0. The van der Waals surface area contributed by atoms with Crippen LogP contribution in [0.15, 0.2) is 48.5 Å². The van der Waals surface area contributed by atoms with E-state index < -0.39 is 6.04 Å². The van der Waals surface area contributed by atoms with Crippen molar-refractivity contribution in [3.63, 3.8) is 0 Å². The highest BCUT2D eigenvalue weighted by molar-refractivity contribution is 6.01. The molecule has 0 aromatic heterocycles. The normalized spacial score (nSPS) is 14.1. The van der Waals surface area contributed by atoms with E-state index in [2.05, 4.69) is 21.6 Å². The smallest absolute Gasteiger partial charge is 0.251 e. The van der Waals surface area contributed by atoms with E-state index in [1.165, 1.54) is 12.8 Å². The van der Waals surface area contributed by atoms with Gasteiger partial charge in [-0.2, -0.15) is 5.26 Å². The van der Waals surface area contributed by atoms with Crippen LogP contribution in [0.3, 0.4) is 0 Å². The SMILES string of the molecule is CCCC(NC(=O)c1ccc(C#N)cc1)C(=O)Nc1cccc(N2CCCC2)c1. The first kappa shape index (κ1) is 20.4. The summed E-state index contributed by atoms with van der Waals surface area (Å²) in [5.41, 5.74) is 2.75. The van der Waals surface area contributed by atoms with Crippen LogP contribution in [0.25, 0.3) is 0 Å². The number of nitrogens with one attached hydrogen (secondary N) is 2. The lowest BCUT2D eigenvalue weighted by Crippen LogP contribution is -2.43. The fourth-order valence-corrected chi connectivity index (χ4v) is 3.48. The van der Waals surface area contributed by atoms with E-state index in [1.54, 1.807) is 24.3 Å². The molecule has 2 aromatic rings. The van der Waals surface area contributed by atoms with E-state index in [4.69, 9.17) is 5.26 Å². The van der Waals surface area contributed by atoms with Gasteiger partial charge in [-0.3, -0.25) is 9.59 Å². The third-order valence-corrected chi connectivity index (χ3v) is 5.06. The van der Waals surface area contributed by atoms with Gasteiger partial charge >= 0.3 is 0 Å². The van der Waals surface area contributed by atoms with Gasteiger partial charge < -0.3 is 15.5 Å². The molecule has 1 aliphatic rings. The molecule has 1 fully saturated rings. The molecule has 3 rings (SSSR count). The molecule has 0 radical (unpaired) electrons. The predicted molar refractivity (Wildman–Crippen MR) is 114 cm³/mol. The maximum atomic E-state index is 12.8. The highest BCUT2D eigenvalue weighted by atomic mass is 16.2. The fraction of sp³-hybridized carbons (Fsp3) is 0.348. The van der Waals surface area contributed by atoms with Gasteiger partial charge in [0.05, 0.1) is 11.6 Å². The molecule has 29 heavy (non-hydrogen) atoms. The van der Waals surface area contributed by atoms with Crippen molar-refractivity contribution in [3.05, 3.63) is 59.7 Å². The third-order valence-electron chi connectivity index (χ3n) is 5.06. The van der Waals surface area contributed by atoms with Gasteiger partial charge in [0, 0.05) is 30.0 Å². The van der Waals surface area contributed by atoms with Gasteiger partial charge in [-0.15, -0.1) is 0 Å². The largest absolute Gasteiger partial charge is 0.371 e. The molecule has 6 nitrogen and oxygen atoms in total. The quantitative estimate of drug-likeness (QED) is 0.755. The molecule has 0 saturated carbocycles. The van der Waals surface area contributed by atoms with Gasteiger partial charge in [0.1, 0.15) is 6.04 Å². The maximum Gasteiger partial charge on any atom is 0.251 e. The molecule has 2 aromatic carbocycles. The number of rotatable bonds is 7. The standard InChI is InChI=1S/C23H26N4O2/c1-2-6-21(26-22(28)18-11-9-17(16-24)10-12-18)23(29)25-19-7-5-8-20(15-19)27-13-3-4-14-27/h5,7-12,15,21H,2-4,6,13-14H2,1H3,(H,25,29)(H,26,28). The molecular formula is C23H26N4O2. The number of anilines is 2. The average molecular weight is 390 g/mol. The van der Waals surface area contributed by atoms with Crippen molar-refractivity contribution in [2.75, 3.05) is 23.3 Å². The van der Waals surface area contributed by atoms with Crippen LogP contribution in [0, 0.1) is 11.3 Å². The number of amides is 2. The van der Waals surface area contributed by atoms with Gasteiger partial charge in [-0.25, -0.2) is 0 Å². The number of hydrogen-bond acceptors (Lipinski definition) is 4. The first-order valence-corrected chi connectivity index (χ1v) is 10.1. The number of hydrogen-bond donors (Lipinski definition) is 2. The Morgan fingerprint density at radius 3 is 2.52 bits per heavy atom. The summed E-state index contributed by atoms with van der Waals surface area (Å²) >= 11 is 0. The van der Waals surface area contributed by atoms with Gasteiger partial charge in [-0.05, 0) is 61.7 Å². The Balaban J connectivity index is 1.66. The Hall–Kier alpha value is -3.33. The van der Waals surface area contributed by atoms with Crippen molar-refractivity contribution in [2.24, 2.45) is 0 Å². The van der Waals surface area contributed by atoms with Gasteiger partial charge in [0.2, 0.25) is 5.91 Å². The fourth-order valence-electron chi connectivity index (χ4n) is 3.48. The number of nitriles is 1. The Morgan fingerprint density at radius 2 is 1.86 bits per heavy atom. The summed E-state index contributed by atoms with van der Waals surface area (Å²) in [5.74, 6) is -0.554. The molecule has 2 amide bonds. The summed E-state index contributed by atoms with van der Waals surface area (Å²) in [4.78, 5) is 27.7. The topological polar surface area (TPSA) is 85.2 Å². The average Bonchev–Trinajstić information content (AvgIpc) is 3.28. The zero-order valence-electron chi connectivity index (χ0n) is 16.6. The number of benzene rings is 2. The van der Waals surface area contributed by atoms with E-state index in [1.807, 2.05) is 31.2 Å². The Bertz CT molecular complexity index is 896. The highest BCUT2D eigenvalue weighted by Crippen LogP contribution is 2.23. The van der Waals surface area contributed by atoms with Crippen LogP contribution in [0.1, 0.15) is 48.5 Å². The van der Waals surface area contributed by atoms with E-state index in [9.17, 15) is 9.59 Å².